The molecule has 1 atom stereocenters. The first-order chi connectivity index (χ1) is 11.6. The van der Waals surface area contributed by atoms with Crippen molar-refractivity contribution in [2.24, 2.45) is 0 Å². The number of pyridine rings is 1. The smallest absolute Gasteiger partial charge is 0.258 e. The number of likely N-dealkylation sites (tertiary alicyclic amines) is 1. The fourth-order valence-electron chi connectivity index (χ4n) is 2.72. The standard InChI is InChI=1S/C17H15Cl2FN2O2/c18-12-4-1-5-14(20)16(12)17(23)22-8-2-3-11(10-22)24-15-6-7-21-9-13(15)19/h1,4-7,9,11H,2-3,8,10H2. The highest BCUT2D eigenvalue weighted by Crippen LogP contribution is 2.27. The van der Waals surface area contributed by atoms with Crippen molar-refractivity contribution in [1.82, 2.24) is 9.88 Å². The topological polar surface area (TPSA) is 42.4 Å². The molecular formula is C17H15Cl2FN2O2. The van der Waals surface area contributed by atoms with Crippen LogP contribution in [0.5, 0.6) is 5.75 Å². The van der Waals surface area contributed by atoms with Gasteiger partial charge in [0.05, 0.1) is 17.1 Å². The Morgan fingerprint density at radius 3 is 2.88 bits per heavy atom. The quantitative estimate of drug-likeness (QED) is 0.814. The fraction of sp³-hybridized carbons (Fsp3) is 0.294. The number of amides is 1. The predicted molar refractivity (Wildman–Crippen MR) is 90.2 cm³/mol. The summed E-state index contributed by atoms with van der Waals surface area (Å²) < 4.78 is 19.8. The van der Waals surface area contributed by atoms with E-state index >= 15 is 0 Å². The zero-order valence-electron chi connectivity index (χ0n) is 12.7. The molecule has 1 unspecified atom stereocenters. The number of ether oxygens (including phenoxy) is 1. The van der Waals surface area contributed by atoms with Gasteiger partial charge in [-0.1, -0.05) is 29.3 Å². The van der Waals surface area contributed by atoms with Gasteiger partial charge in [-0.05, 0) is 25.0 Å². The van der Waals surface area contributed by atoms with Gasteiger partial charge in [-0.25, -0.2) is 4.39 Å². The van der Waals surface area contributed by atoms with E-state index in [0.717, 1.165) is 12.8 Å². The molecule has 3 rings (SSSR count). The Bertz CT molecular complexity index is 737. The largest absolute Gasteiger partial charge is 0.487 e. The molecule has 1 amide bonds. The summed E-state index contributed by atoms with van der Waals surface area (Å²) in [4.78, 5) is 18.1. The summed E-state index contributed by atoms with van der Waals surface area (Å²) in [5, 5.41) is 0.526. The van der Waals surface area contributed by atoms with Crippen LogP contribution in [0.3, 0.4) is 0 Å². The molecule has 0 N–H and O–H groups in total. The average molecular weight is 369 g/mol. The Morgan fingerprint density at radius 2 is 2.12 bits per heavy atom. The Morgan fingerprint density at radius 1 is 1.29 bits per heavy atom. The summed E-state index contributed by atoms with van der Waals surface area (Å²) in [5.74, 6) is -0.519. The number of halogens is 3. The molecule has 0 bridgehead atoms. The molecule has 1 aliphatic rings. The highest BCUT2D eigenvalue weighted by molar-refractivity contribution is 6.33. The van der Waals surface area contributed by atoms with Gasteiger partial charge in [-0.3, -0.25) is 9.78 Å². The molecule has 0 saturated carbocycles. The Hall–Kier alpha value is -1.85. The van der Waals surface area contributed by atoms with Gasteiger partial charge in [0.15, 0.2) is 0 Å². The average Bonchev–Trinajstić information content (AvgIpc) is 2.57. The van der Waals surface area contributed by atoms with Crippen LogP contribution in [0, 0.1) is 5.82 Å². The van der Waals surface area contributed by atoms with Crippen LogP contribution in [0.15, 0.2) is 36.7 Å². The predicted octanol–water partition coefficient (Wildman–Crippen LogP) is 4.21. The lowest BCUT2D eigenvalue weighted by Crippen LogP contribution is -2.44. The van der Waals surface area contributed by atoms with Crippen molar-refractivity contribution in [1.29, 1.82) is 0 Å². The van der Waals surface area contributed by atoms with E-state index in [1.165, 1.54) is 24.4 Å². The molecule has 0 radical (unpaired) electrons. The van der Waals surface area contributed by atoms with Crippen molar-refractivity contribution in [3.63, 3.8) is 0 Å². The molecule has 1 aliphatic heterocycles. The molecule has 24 heavy (non-hydrogen) atoms. The third kappa shape index (κ3) is 3.62. The van der Waals surface area contributed by atoms with E-state index in [2.05, 4.69) is 4.98 Å². The van der Waals surface area contributed by atoms with Crippen LogP contribution in [-0.2, 0) is 0 Å². The molecule has 7 heteroatoms. The van der Waals surface area contributed by atoms with E-state index in [1.54, 1.807) is 17.2 Å². The number of hydrogen-bond acceptors (Lipinski definition) is 3. The number of hydrogen-bond donors (Lipinski definition) is 0. The summed E-state index contributed by atoms with van der Waals surface area (Å²) in [6, 6.07) is 5.89. The Balaban J connectivity index is 1.74. The second kappa shape index (κ2) is 7.36. The lowest BCUT2D eigenvalue weighted by Gasteiger charge is -2.33. The van der Waals surface area contributed by atoms with Gasteiger partial charge in [-0.2, -0.15) is 0 Å². The first-order valence-corrected chi connectivity index (χ1v) is 8.31. The van der Waals surface area contributed by atoms with E-state index < -0.39 is 11.7 Å². The van der Waals surface area contributed by atoms with E-state index in [-0.39, 0.29) is 16.7 Å². The lowest BCUT2D eigenvalue weighted by atomic mass is 10.1. The molecule has 0 spiro atoms. The normalized spacial score (nSPS) is 17.6. The number of nitrogens with zero attached hydrogens (tertiary/aromatic N) is 2. The number of carbonyl (C=O) groups is 1. The van der Waals surface area contributed by atoms with Crippen molar-refractivity contribution in [2.45, 2.75) is 18.9 Å². The highest BCUT2D eigenvalue weighted by atomic mass is 35.5. The van der Waals surface area contributed by atoms with Gasteiger partial charge in [0.1, 0.15) is 22.7 Å². The van der Waals surface area contributed by atoms with Crippen LogP contribution in [0.4, 0.5) is 4.39 Å². The van der Waals surface area contributed by atoms with Gasteiger partial charge in [0.25, 0.3) is 5.91 Å². The van der Waals surface area contributed by atoms with E-state index in [1.807, 2.05) is 0 Å². The van der Waals surface area contributed by atoms with Crippen LogP contribution in [-0.4, -0.2) is 35.0 Å². The van der Waals surface area contributed by atoms with Crippen LogP contribution in [0.1, 0.15) is 23.2 Å². The summed E-state index contributed by atoms with van der Waals surface area (Å²) in [7, 11) is 0. The van der Waals surface area contributed by atoms with E-state index in [0.29, 0.717) is 23.9 Å². The van der Waals surface area contributed by atoms with Crippen LogP contribution in [0.25, 0.3) is 0 Å². The molecule has 1 aromatic carbocycles. The molecule has 1 aromatic heterocycles. The number of rotatable bonds is 3. The zero-order valence-corrected chi connectivity index (χ0v) is 14.2. The monoisotopic (exact) mass is 368 g/mol. The maximum absolute atomic E-state index is 14.0. The van der Waals surface area contributed by atoms with Crippen molar-refractivity contribution in [2.75, 3.05) is 13.1 Å². The van der Waals surface area contributed by atoms with Gasteiger partial charge >= 0.3 is 0 Å². The third-order valence-electron chi connectivity index (χ3n) is 3.87. The van der Waals surface area contributed by atoms with Gasteiger partial charge in [0.2, 0.25) is 0 Å². The van der Waals surface area contributed by atoms with Crippen molar-refractivity contribution >= 4 is 29.1 Å². The molecule has 0 aliphatic carbocycles. The summed E-state index contributed by atoms with van der Waals surface area (Å²) in [5.41, 5.74) is -0.0956. The molecule has 2 heterocycles. The number of aromatic nitrogens is 1. The second-order valence-corrected chi connectivity index (χ2v) is 6.35. The number of carbonyl (C=O) groups excluding carboxylic acids is 1. The fourth-order valence-corrected chi connectivity index (χ4v) is 3.12. The SMILES string of the molecule is O=C(c1c(F)cccc1Cl)N1CCCC(Oc2ccncc2Cl)C1. The zero-order chi connectivity index (χ0) is 17.1. The van der Waals surface area contributed by atoms with Crippen molar-refractivity contribution in [3.8, 4) is 5.75 Å². The van der Waals surface area contributed by atoms with Crippen molar-refractivity contribution < 1.29 is 13.9 Å². The van der Waals surface area contributed by atoms with E-state index in [4.69, 9.17) is 27.9 Å². The lowest BCUT2D eigenvalue weighted by molar-refractivity contribution is 0.0534. The van der Waals surface area contributed by atoms with Crippen LogP contribution >= 0.6 is 23.2 Å². The Labute approximate surface area is 149 Å². The second-order valence-electron chi connectivity index (χ2n) is 5.54. The first-order valence-electron chi connectivity index (χ1n) is 7.55. The molecule has 1 fully saturated rings. The minimum atomic E-state index is -0.618. The molecule has 126 valence electrons. The molecular weight excluding hydrogens is 354 g/mol. The highest BCUT2D eigenvalue weighted by Gasteiger charge is 2.28. The van der Waals surface area contributed by atoms with Gasteiger partial charge in [0, 0.05) is 25.0 Å². The van der Waals surface area contributed by atoms with Gasteiger partial charge in [-0.15, -0.1) is 0 Å². The molecule has 4 nitrogen and oxygen atoms in total. The molecule has 1 saturated heterocycles. The Kier molecular flexibility index (Phi) is 5.21. The minimum Gasteiger partial charge on any atom is -0.487 e. The maximum atomic E-state index is 14.0. The third-order valence-corrected chi connectivity index (χ3v) is 4.47. The first kappa shape index (κ1) is 17.0. The summed E-state index contributed by atoms with van der Waals surface area (Å²) in [6.07, 6.45) is 4.42. The van der Waals surface area contributed by atoms with Crippen LogP contribution < -0.4 is 4.74 Å². The molecule has 2 aromatic rings. The van der Waals surface area contributed by atoms with Gasteiger partial charge < -0.3 is 9.64 Å². The number of benzene rings is 1. The summed E-state index contributed by atoms with van der Waals surface area (Å²) in [6.45, 7) is 0.885. The maximum Gasteiger partial charge on any atom is 0.258 e. The van der Waals surface area contributed by atoms with E-state index in [9.17, 15) is 9.18 Å². The van der Waals surface area contributed by atoms with Crippen molar-refractivity contribution in [3.05, 3.63) is 58.1 Å². The van der Waals surface area contributed by atoms with Crippen LogP contribution in [0.2, 0.25) is 10.0 Å². The number of piperidine rings is 1. The minimum absolute atomic E-state index is 0.0956. The summed E-state index contributed by atoms with van der Waals surface area (Å²) >= 11 is 12.0.